The lowest BCUT2D eigenvalue weighted by Gasteiger charge is -2.22. The molecule has 0 saturated heterocycles. The van der Waals surface area contributed by atoms with E-state index in [1.54, 1.807) is 0 Å². The van der Waals surface area contributed by atoms with Crippen LogP contribution in [0.15, 0.2) is 26.1 Å². The monoisotopic (exact) mass is 412 g/mol. The van der Waals surface area contributed by atoms with Gasteiger partial charge in [0.25, 0.3) is 0 Å². The average Bonchev–Trinajstić information content (AvgIpc) is 2.79. The standard InChI is InChI=1S/C16H21BrN4O2S/c1-10(20-24(22)15(2,3)4)13-7-12(17)6-11-8-16(5,9-19-21-18)23-14(11)13/h6-7H,8-9H2,1-5H3/t16?,24-/m1/s1. The zero-order chi connectivity index (χ0) is 18.1. The molecule has 0 bridgehead atoms. The normalized spacial score (nSPS) is 21.7. The van der Waals surface area contributed by atoms with Crippen LogP contribution in [0, 0.1) is 0 Å². The minimum atomic E-state index is -1.34. The molecule has 6 nitrogen and oxygen atoms in total. The third-order valence-electron chi connectivity index (χ3n) is 3.65. The van der Waals surface area contributed by atoms with Gasteiger partial charge in [-0.1, -0.05) is 21.0 Å². The maximum Gasteiger partial charge on any atom is 0.145 e. The zero-order valence-corrected chi connectivity index (χ0v) is 16.9. The Kier molecular flexibility index (Phi) is 5.42. The van der Waals surface area contributed by atoms with Gasteiger partial charge < -0.3 is 4.74 Å². The molecule has 0 amide bonds. The molecule has 0 fully saturated rings. The summed E-state index contributed by atoms with van der Waals surface area (Å²) in [4.78, 5) is 2.82. The Balaban J connectivity index is 2.44. The first kappa shape index (κ1) is 19.0. The van der Waals surface area contributed by atoms with E-state index >= 15 is 0 Å². The van der Waals surface area contributed by atoms with Crippen molar-refractivity contribution >= 4 is 32.6 Å². The van der Waals surface area contributed by atoms with Gasteiger partial charge in [-0.3, -0.25) is 0 Å². The summed E-state index contributed by atoms with van der Waals surface area (Å²) in [5.41, 5.74) is 10.5. The first-order chi connectivity index (χ1) is 11.1. The van der Waals surface area contributed by atoms with Gasteiger partial charge in [0.1, 0.15) is 22.3 Å². The van der Waals surface area contributed by atoms with Gasteiger partial charge >= 0.3 is 0 Å². The molecule has 1 heterocycles. The van der Waals surface area contributed by atoms with E-state index < -0.39 is 21.3 Å². The highest BCUT2D eigenvalue weighted by Crippen LogP contribution is 2.40. The van der Waals surface area contributed by atoms with Gasteiger partial charge in [-0.25, -0.2) is 4.21 Å². The van der Waals surface area contributed by atoms with Gasteiger partial charge in [0.2, 0.25) is 0 Å². The number of hydrogen-bond donors (Lipinski definition) is 0. The Hall–Kier alpha value is -1.37. The molecule has 1 aromatic carbocycles. The van der Waals surface area contributed by atoms with E-state index in [9.17, 15) is 4.21 Å². The summed E-state index contributed by atoms with van der Waals surface area (Å²) >= 11 is 3.51. The lowest BCUT2D eigenvalue weighted by atomic mass is 9.98. The van der Waals surface area contributed by atoms with Crippen molar-refractivity contribution in [1.82, 2.24) is 0 Å². The fourth-order valence-corrected chi connectivity index (χ4v) is 3.56. The van der Waals surface area contributed by atoms with Gasteiger partial charge in [-0.2, -0.15) is 4.40 Å². The second-order valence-electron chi connectivity index (χ2n) is 7.10. The van der Waals surface area contributed by atoms with E-state index in [2.05, 4.69) is 30.4 Å². The summed E-state index contributed by atoms with van der Waals surface area (Å²) in [6.45, 7) is 9.66. The van der Waals surface area contributed by atoms with E-state index in [4.69, 9.17) is 10.3 Å². The van der Waals surface area contributed by atoms with Crippen LogP contribution >= 0.6 is 15.9 Å². The first-order valence-corrected chi connectivity index (χ1v) is 9.46. The molecule has 1 unspecified atom stereocenters. The number of azide groups is 1. The Morgan fingerprint density at radius 3 is 2.75 bits per heavy atom. The molecular weight excluding hydrogens is 392 g/mol. The zero-order valence-electron chi connectivity index (χ0n) is 14.5. The summed E-state index contributed by atoms with van der Waals surface area (Å²) in [5, 5.41) is 3.65. The Morgan fingerprint density at radius 1 is 1.50 bits per heavy atom. The van der Waals surface area contributed by atoms with Crippen LogP contribution in [-0.4, -0.2) is 26.8 Å². The Labute approximate surface area is 153 Å². The molecule has 0 radical (unpaired) electrons. The molecule has 0 aliphatic carbocycles. The third kappa shape index (κ3) is 4.18. The summed E-state index contributed by atoms with van der Waals surface area (Å²) < 4.78 is 23.3. The van der Waals surface area contributed by atoms with Crippen molar-refractivity contribution in [3.8, 4) is 5.75 Å². The largest absolute Gasteiger partial charge is 0.486 e. The molecule has 24 heavy (non-hydrogen) atoms. The quantitative estimate of drug-likeness (QED) is 0.309. The Morgan fingerprint density at radius 2 is 2.17 bits per heavy atom. The molecule has 8 heteroatoms. The van der Waals surface area contributed by atoms with E-state index in [1.807, 2.05) is 46.8 Å². The molecule has 2 atom stereocenters. The van der Waals surface area contributed by atoms with Crippen LogP contribution in [0.5, 0.6) is 5.75 Å². The van der Waals surface area contributed by atoms with Crippen LogP contribution in [0.3, 0.4) is 0 Å². The highest BCUT2D eigenvalue weighted by molar-refractivity contribution is 9.10. The molecule has 2 rings (SSSR count). The maximum atomic E-state index is 12.3. The second-order valence-corrected chi connectivity index (χ2v) is 9.92. The second kappa shape index (κ2) is 6.86. The summed E-state index contributed by atoms with van der Waals surface area (Å²) in [7, 11) is -1.34. The molecule has 130 valence electrons. The minimum Gasteiger partial charge on any atom is -0.486 e. The smallest absolute Gasteiger partial charge is 0.145 e. The van der Waals surface area contributed by atoms with Crippen LogP contribution in [0.1, 0.15) is 45.7 Å². The van der Waals surface area contributed by atoms with Crippen molar-refractivity contribution in [2.24, 2.45) is 9.51 Å². The van der Waals surface area contributed by atoms with Gasteiger partial charge in [-0.05, 0) is 57.8 Å². The molecular formula is C16H21BrN4O2S. The number of fused-ring (bicyclic) bond motifs is 1. The lowest BCUT2D eigenvalue weighted by Crippen LogP contribution is -2.33. The van der Waals surface area contributed by atoms with Gasteiger partial charge in [0.05, 0.1) is 17.0 Å². The van der Waals surface area contributed by atoms with Gasteiger partial charge in [0.15, 0.2) is 0 Å². The number of halogens is 1. The molecule has 1 aromatic rings. The third-order valence-corrected chi connectivity index (χ3v) is 5.59. The average molecular weight is 413 g/mol. The summed E-state index contributed by atoms with van der Waals surface area (Å²) in [6, 6.07) is 3.91. The minimum absolute atomic E-state index is 0.249. The van der Waals surface area contributed by atoms with E-state index in [1.165, 1.54) is 0 Å². The molecule has 0 N–H and O–H groups in total. The lowest BCUT2D eigenvalue weighted by molar-refractivity contribution is 0.125. The number of nitrogens with zero attached hydrogens (tertiary/aromatic N) is 4. The van der Waals surface area contributed by atoms with Crippen molar-refractivity contribution in [1.29, 1.82) is 0 Å². The van der Waals surface area contributed by atoms with Crippen LogP contribution in [-0.2, 0) is 17.4 Å². The fraction of sp³-hybridized carbons (Fsp3) is 0.562. The SMILES string of the molecule is CC(=N[S@](=O)C(C)(C)C)c1cc(Br)cc2c1OC(C)(CN=[N+]=[N-])C2. The number of hydrogen-bond acceptors (Lipinski definition) is 3. The van der Waals surface area contributed by atoms with Crippen LogP contribution in [0.25, 0.3) is 10.4 Å². The molecule has 0 spiro atoms. The van der Waals surface area contributed by atoms with Crippen LogP contribution in [0.4, 0.5) is 0 Å². The molecule has 0 aromatic heterocycles. The van der Waals surface area contributed by atoms with Gasteiger partial charge in [-0.15, -0.1) is 0 Å². The highest BCUT2D eigenvalue weighted by Gasteiger charge is 2.36. The maximum absolute atomic E-state index is 12.3. The van der Waals surface area contributed by atoms with E-state index in [-0.39, 0.29) is 6.54 Å². The molecule has 1 aliphatic rings. The van der Waals surface area contributed by atoms with Crippen LogP contribution < -0.4 is 4.74 Å². The topological polar surface area (TPSA) is 87.4 Å². The van der Waals surface area contributed by atoms with Gasteiger partial charge in [0, 0.05) is 21.4 Å². The van der Waals surface area contributed by atoms with Crippen molar-refractivity contribution in [2.75, 3.05) is 6.54 Å². The fourth-order valence-electron chi connectivity index (χ4n) is 2.44. The van der Waals surface area contributed by atoms with E-state index in [0.717, 1.165) is 21.3 Å². The predicted octanol–water partition coefficient (Wildman–Crippen LogP) is 4.72. The Bertz CT molecular complexity index is 766. The van der Waals surface area contributed by atoms with Crippen LogP contribution in [0.2, 0.25) is 0 Å². The number of ether oxygens (including phenoxy) is 1. The van der Waals surface area contributed by atoms with Crippen molar-refractivity contribution in [2.45, 2.75) is 51.4 Å². The molecule has 0 saturated carbocycles. The molecule has 1 aliphatic heterocycles. The van der Waals surface area contributed by atoms with Crippen molar-refractivity contribution in [3.05, 3.63) is 38.2 Å². The number of rotatable bonds is 4. The van der Waals surface area contributed by atoms with E-state index in [0.29, 0.717) is 12.1 Å². The first-order valence-electron chi connectivity index (χ1n) is 7.56. The summed E-state index contributed by atoms with van der Waals surface area (Å²) in [6.07, 6.45) is 0.642. The highest BCUT2D eigenvalue weighted by atomic mass is 79.9. The summed E-state index contributed by atoms with van der Waals surface area (Å²) in [5.74, 6) is 0.723. The van der Waals surface area contributed by atoms with Crippen molar-refractivity contribution in [3.63, 3.8) is 0 Å². The van der Waals surface area contributed by atoms with Crippen molar-refractivity contribution < 1.29 is 8.95 Å². The number of benzene rings is 1. The predicted molar refractivity (Wildman–Crippen MR) is 101 cm³/mol.